The number of aliphatic hydroxyl groups excluding tert-OH is 1. The summed E-state index contributed by atoms with van der Waals surface area (Å²) in [6.07, 6.45) is -4.49. The van der Waals surface area contributed by atoms with Crippen molar-refractivity contribution in [2.24, 2.45) is 0 Å². The van der Waals surface area contributed by atoms with Crippen molar-refractivity contribution in [1.82, 2.24) is 0 Å². The molecule has 90 valence electrons. The minimum absolute atomic E-state index is 0.162. The third-order valence-electron chi connectivity index (χ3n) is 1.97. The quantitative estimate of drug-likeness (QED) is 0.868. The normalized spacial score (nSPS) is 13.6. The molecule has 0 fully saturated rings. The molecular formula is C11H13F3O2. The monoisotopic (exact) mass is 234 g/mol. The molecule has 1 aromatic carbocycles. The van der Waals surface area contributed by atoms with E-state index in [9.17, 15) is 13.2 Å². The highest BCUT2D eigenvalue weighted by atomic mass is 19.4. The lowest BCUT2D eigenvalue weighted by Crippen LogP contribution is -2.08. The molecule has 0 aliphatic rings. The highest BCUT2D eigenvalue weighted by molar-refractivity contribution is 5.30. The fourth-order valence-electron chi connectivity index (χ4n) is 1.11. The molecule has 0 saturated heterocycles. The second-order valence-electron chi connectivity index (χ2n) is 3.51. The van der Waals surface area contributed by atoms with E-state index in [-0.39, 0.29) is 12.4 Å². The SMILES string of the molecule is CC(O)CCOc1cccc(C(F)(F)F)c1. The molecule has 1 N–H and O–H groups in total. The van der Waals surface area contributed by atoms with Crippen LogP contribution in [-0.4, -0.2) is 17.8 Å². The molecule has 1 unspecified atom stereocenters. The van der Waals surface area contributed by atoms with Gasteiger partial charge in [0, 0.05) is 6.42 Å². The fourth-order valence-corrected chi connectivity index (χ4v) is 1.11. The lowest BCUT2D eigenvalue weighted by Gasteiger charge is -2.10. The molecular weight excluding hydrogens is 221 g/mol. The van der Waals surface area contributed by atoms with Gasteiger partial charge < -0.3 is 9.84 Å². The molecule has 0 aliphatic carbocycles. The van der Waals surface area contributed by atoms with Crippen LogP contribution in [0, 0.1) is 0 Å². The molecule has 1 rings (SSSR count). The lowest BCUT2D eigenvalue weighted by molar-refractivity contribution is -0.137. The average Bonchev–Trinajstić information content (AvgIpc) is 2.16. The van der Waals surface area contributed by atoms with Gasteiger partial charge in [0.25, 0.3) is 0 Å². The maximum absolute atomic E-state index is 12.3. The first-order valence-electron chi connectivity index (χ1n) is 4.87. The number of hydrogen-bond donors (Lipinski definition) is 1. The summed E-state index contributed by atoms with van der Waals surface area (Å²) in [7, 11) is 0. The van der Waals surface area contributed by atoms with Crippen LogP contribution in [0.5, 0.6) is 5.75 Å². The molecule has 2 nitrogen and oxygen atoms in total. The van der Waals surface area contributed by atoms with E-state index in [4.69, 9.17) is 9.84 Å². The highest BCUT2D eigenvalue weighted by Gasteiger charge is 2.30. The van der Waals surface area contributed by atoms with E-state index in [2.05, 4.69) is 0 Å². The molecule has 0 bridgehead atoms. The van der Waals surface area contributed by atoms with Crippen molar-refractivity contribution in [3.8, 4) is 5.75 Å². The van der Waals surface area contributed by atoms with E-state index >= 15 is 0 Å². The van der Waals surface area contributed by atoms with Gasteiger partial charge in [-0.25, -0.2) is 0 Å². The van der Waals surface area contributed by atoms with Crippen LogP contribution in [0.1, 0.15) is 18.9 Å². The number of ether oxygens (including phenoxy) is 1. The summed E-state index contributed by atoms with van der Waals surface area (Å²) >= 11 is 0. The summed E-state index contributed by atoms with van der Waals surface area (Å²) in [5.74, 6) is 0.162. The molecule has 16 heavy (non-hydrogen) atoms. The second kappa shape index (κ2) is 5.21. The fraction of sp³-hybridized carbons (Fsp3) is 0.455. The first-order valence-corrected chi connectivity index (χ1v) is 4.87. The Hall–Kier alpha value is -1.23. The first-order chi connectivity index (χ1) is 7.39. The highest BCUT2D eigenvalue weighted by Crippen LogP contribution is 2.31. The number of aliphatic hydroxyl groups is 1. The summed E-state index contributed by atoms with van der Waals surface area (Å²) in [6, 6.07) is 4.68. The van der Waals surface area contributed by atoms with Crippen LogP contribution in [0.2, 0.25) is 0 Å². The van der Waals surface area contributed by atoms with Gasteiger partial charge in [-0.05, 0) is 25.1 Å². The van der Waals surface area contributed by atoms with Crippen molar-refractivity contribution in [2.75, 3.05) is 6.61 Å². The molecule has 0 radical (unpaired) electrons. The van der Waals surface area contributed by atoms with Gasteiger partial charge in [0.15, 0.2) is 0 Å². The van der Waals surface area contributed by atoms with Gasteiger partial charge >= 0.3 is 6.18 Å². The second-order valence-corrected chi connectivity index (χ2v) is 3.51. The molecule has 0 saturated carbocycles. The van der Waals surface area contributed by atoms with Crippen LogP contribution in [0.15, 0.2) is 24.3 Å². The summed E-state index contributed by atoms with van der Waals surface area (Å²) < 4.78 is 42.1. The van der Waals surface area contributed by atoms with Gasteiger partial charge in [-0.2, -0.15) is 13.2 Å². The van der Waals surface area contributed by atoms with Gasteiger partial charge in [0.2, 0.25) is 0 Å². The van der Waals surface area contributed by atoms with Gasteiger partial charge in [-0.1, -0.05) is 6.07 Å². The molecule has 0 spiro atoms. The lowest BCUT2D eigenvalue weighted by atomic mass is 10.2. The number of hydrogen-bond acceptors (Lipinski definition) is 2. The van der Waals surface area contributed by atoms with Gasteiger partial charge in [0.1, 0.15) is 5.75 Å². The maximum atomic E-state index is 12.3. The molecule has 0 aromatic heterocycles. The largest absolute Gasteiger partial charge is 0.493 e. The smallest absolute Gasteiger partial charge is 0.416 e. The minimum Gasteiger partial charge on any atom is -0.493 e. The summed E-state index contributed by atoms with van der Waals surface area (Å²) in [5.41, 5.74) is -0.734. The van der Waals surface area contributed by atoms with Crippen LogP contribution in [0.3, 0.4) is 0 Å². The van der Waals surface area contributed by atoms with Crippen molar-refractivity contribution in [3.63, 3.8) is 0 Å². The van der Waals surface area contributed by atoms with Crippen LogP contribution in [0.4, 0.5) is 13.2 Å². The van der Waals surface area contributed by atoms with E-state index in [1.807, 2.05) is 0 Å². The van der Waals surface area contributed by atoms with E-state index in [1.165, 1.54) is 12.1 Å². The Morgan fingerprint density at radius 3 is 2.62 bits per heavy atom. The minimum atomic E-state index is -4.36. The Morgan fingerprint density at radius 1 is 1.38 bits per heavy atom. The zero-order valence-electron chi connectivity index (χ0n) is 8.79. The molecule has 1 atom stereocenters. The zero-order valence-corrected chi connectivity index (χ0v) is 8.79. The van der Waals surface area contributed by atoms with Crippen LogP contribution < -0.4 is 4.74 Å². The van der Waals surface area contributed by atoms with Crippen molar-refractivity contribution < 1.29 is 23.0 Å². The Labute approximate surface area is 91.7 Å². The van der Waals surface area contributed by atoms with E-state index in [0.717, 1.165) is 12.1 Å². The number of benzene rings is 1. The predicted octanol–water partition coefficient (Wildman–Crippen LogP) is 2.86. The summed E-state index contributed by atoms with van der Waals surface area (Å²) in [4.78, 5) is 0. The average molecular weight is 234 g/mol. The molecule has 5 heteroatoms. The first kappa shape index (κ1) is 12.8. The van der Waals surface area contributed by atoms with E-state index in [0.29, 0.717) is 6.42 Å². The van der Waals surface area contributed by atoms with Gasteiger partial charge in [-0.15, -0.1) is 0 Å². The van der Waals surface area contributed by atoms with E-state index in [1.54, 1.807) is 6.92 Å². The van der Waals surface area contributed by atoms with E-state index < -0.39 is 17.8 Å². The Bertz CT molecular complexity index is 334. The maximum Gasteiger partial charge on any atom is 0.416 e. The Kier molecular flexibility index (Phi) is 4.18. The molecule has 0 aliphatic heterocycles. The van der Waals surface area contributed by atoms with Crippen LogP contribution in [-0.2, 0) is 6.18 Å². The van der Waals surface area contributed by atoms with Crippen LogP contribution in [0.25, 0.3) is 0 Å². The topological polar surface area (TPSA) is 29.5 Å². The Morgan fingerprint density at radius 2 is 2.06 bits per heavy atom. The molecule has 0 heterocycles. The Balaban J connectivity index is 2.61. The van der Waals surface area contributed by atoms with Crippen molar-refractivity contribution >= 4 is 0 Å². The van der Waals surface area contributed by atoms with Gasteiger partial charge in [-0.3, -0.25) is 0 Å². The third kappa shape index (κ3) is 4.10. The summed E-state index contributed by atoms with van der Waals surface area (Å²) in [6.45, 7) is 1.79. The number of alkyl halides is 3. The number of halogens is 3. The van der Waals surface area contributed by atoms with Crippen molar-refractivity contribution in [1.29, 1.82) is 0 Å². The van der Waals surface area contributed by atoms with Gasteiger partial charge in [0.05, 0.1) is 18.3 Å². The molecule has 0 amide bonds. The third-order valence-corrected chi connectivity index (χ3v) is 1.97. The zero-order chi connectivity index (χ0) is 12.2. The predicted molar refractivity (Wildman–Crippen MR) is 53.2 cm³/mol. The summed E-state index contributed by atoms with van der Waals surface area (Å²) in [5, 5.41) is 8.95. The van der Waals surface area contributed by atoms with Crippen molar-refractivity contribution in [2.45, 2.75) is 25.6 Å². The number of rotatable bonds is 4. The standard InChI is InChI=1S/C11H13F3O2/c1-8(15)5-6-16-10-4-2-3-9(7-10)11(12,13)14/h2-4,7-8,15H,5-6H2,1H3. The molecule has 1 aromatic rings. The van der Waals surface area contributed by atoms with Crippen molar-refractivity contribution in [3.05, 3.63) is 29.8 Å². The van der Waals surface area contributed by atoms with Crippen LogP contribution >= 0.6 is 0 Å².